The van der Waals surface area contributed by atoms with Gasteiger partial charge in [0.25, 0.3) is 0 Å². The molecule has 1 aliphatic carbocycles. The summed E-state index contributed by atoms with van der Waals surface area (Å²) >= 11 is 0. The van der Waals surface area contributed by atoms with E-state index in [1.807, 2.05) is 4.90 Å². The van der Waals surface area contributed by atoms with Crippen molar-refractivity contribution in [1.29, 1.82) is 0 Å². The quantitative estimate of drug-likeness (QED) is 0.484. The molecule has 3 heterocycles. The third-order valence-corrected chi connectivity index (χ3v) is 6.30. The van der Waals surface area contributed by atoms with Crippen LogP contribution in [0.4, 0.5) is 4.79 Å². The summed E-state index contributed by atoms with van der Waals surface area (Å²) in [6, 6.07) is 0.248. The molecule has 0 bridgehead atoms. The fraction of sp³-hybridized carbons (Fsp3) is 0.611. The topological polar surface area (TPSA) is 128 Å². The maximum atomic E-state index is 13.0. The number of ether oxygens (including phenoxy) is 2. The van der Waals surface area contributed by atoms with E-state index in [-0.39, 0.29) is 41.3 Å². The summed E-state index contributed by atoms with van der Waals surface area (Å²) in [6.45, 7) is 4.98. The fourth-order valence-corrected chi connectivity index (χ4v) is 5.15. The number of methoxy groups -OCH3 is 1. The number of carbonyl (C=O) groups excluding carboxylic acids is 3. The lowest BCUT2D eigenvalue weighted by atomic mass is 9.82. The van der Waals surface area contributed by atoms with Crippen molar-refractivity contribution in [3.05, 3.63) is 22.5 Å². The van der Waals surface area contributed by atoms with E-state index in [0.29, 0.717) is 12.2 Å². The van der Waals surface area contributed by atoms with Gasteiger partial charge in [0.2, 0.25) is 11.6 Å². The minimum Gasteiger partial charge on any atom is -0.449 e. The SMILES string of the molecule is CCCN1C2CN3C4=C(C(=O)C(N)=C(C)C4=O)C(COC(N)=O)[C@]3(OC)C21. The smallest absolute Gasteiger partial charge is 0.404 e. The summed E-state index contributed by atoms with van der Waals surface area (Å²) in [5.41, 5.74) is 10.9. The first-order valence-electron chi connectivity index (χ1n) is 9.11. The van der Waals surface area contributed by atoms with Crippen molar-refractivity contribution in [2.45, 2.75) is 38.1 Å². The van der Waals surface area contributed by atoms with Gasteiger partial charge in [0, 0.05) is 30.8 Å². The Hall–Kier alpha value is -2.39. The molecule has 9 heteroatoms. The summed E-state index contributed by atoms with van der Waals surface area (Å²) in [5, 5.41) is 0. The molecule has 0 aromatic heterocycles. The third kappa shape index (κ3) is 2.09. The average molecular weight is 376 g/mol. The van der Waals surface area contributed by atoms with Gasteiger partial charge in [-0.05, 0) is 19.9 Å². The van der Waals surface area contributed by atoms with Gasteiger partial charge in [-0.1, -0.05) is 6.92 Å². The van der Waals surface area contributed by atoms with Crippen LogP contribution in [-0.2, 0) is 19.1 Å². The van der Waals surface area contributed by atoms with E-state index in [0.717, 1.165) is 13.0 Å². The van der Waals surface area contributed by atoms with Gasteiger partial charge in [0.15, 0.2) is 5.72 Å². The normalized spacial score (nSPS) is 36.8. The van der Waals surface area contributed by atoms with Gasteiger partial charge in [0.05, 0.1) is 23.4 Å². The first kappa shape index (κ1) is 18.0. The van der Waals surface area contributed by atoms with Crippen LogP contribution < -0.4 is 11.5 Å². The van der Waals surface area contributed by atoms with Crippen LogP contribution in [0.2, 0.25) is 0 Å². The molecule has 0 radical (unpaired) electrons. The third-order valence-electron chi connectivity index (χ3n) is 6.30. The minimum atomic E-state index is -0.948. The predicted molar refractivity (Wildman–Crippen MR) is 94.0 cm³/mol. The first-order chi connectivity index (χ1) is 12.8. The molecule has 0 spiro atoms. The Morgan fingerprint density at radius 2 is 2.04 bits per heavy atom. The zero-order valence-corrected chi connectivity index (χ0v) is 15.7. The van der Waals surface area contributed by atoms with E-state index < -0.39 is 23.5 Å². The standard InChI is InChI=1S/C18H24N4O5/c1-4-5-21-10-6-22-13-11(15(24)12(19)8(2)14(13)23)9(7-27-17(20)25)18(22,26-3)16(10)21/h9-10,16H,4-7,19H2,1-3H3,(H2,20,25)/t9?,10?,16?,18-,21?/m0/s1. The number of allylic oxidation sites excluding steroid dienone is 2. The largest absolute Gasteiger partial charge is 0.449 e. The van der Waals surface area contributed by atoms with E-state index in [9.17, 15) is 14.4 Å². The van der Waals surface area contributed by atoms with Crippen LogP contribution in [0.1, 0.15) is 20.3 Å². The Bertz CT molecular complexity index is 819. The molecule has 4 N–H and O–H groups in total. The molecule has 4 unspecified atom stereocenters. The number of hydrogen-bond donors (Lipinski definition) is 2. The number of amides is 1. The van der Waals surface area contributed by atoms with Gasteiger partial charge in [-0.25, -0.2) is 4.79 Å². The number of nitrogens with zero attached hydrogens (tertiary/aromatic N) is 2. The molecule has 2 saturated heterocycles. The Labute approximate surface area is 156 Å². The number of carbonyl (C=O) groups is 3. The number of fused-ring (bicyclic) bond motifs is 4. The monoisotopic (exact) mass is 376 g/mol. The van der Waals surface area contributed by atoms with Gasteiger partial charge < -0.3 is 25.8 Å². The molecular formula is C18H24N4O5. The fourth-order valence-electron chi connectivity index (χ4n) is 5.15. The maximum Gasteiger partial charge on any atom is 0.404 e. The van der Waals surface area contributed by atoms with E-state index >= 15 is 0 Å². The number of rotatable bonds is 5. The van der Waals surface area contributed by atoms with Crippen LogP contribution in [0.25, 0.3) is 0 Å². The second-order valence-electron chi connectivity index (χ2n) is 7.46. The number of primary amides is 1. The van der Waals surface area contributed by atoms with Crippen LogP contribution in [0.5, 0.6) is 0 Å². The van der Waals surface area contributed by atoms with Crippen molar-refractivity contribution in [2.24, 2.45) is 17.4 Å². The maximum absolute atomic E-state index is 13.0. The van der Waals surface area contributed by atoms with Crippen molar-refractivity contribution in [3.8, 4) is 0 Å². The lowest BCUT2D eigenvalue weighted by molar-refractivity contribution is -0.145. The summed E-state index contributed by atoms with van der Waals surface area (Å²) in [7, 11) is 1.56. The van der Waals surface area contributed by atoms with Crippen molar-refractivity contribution >= 4 is 17.7 Å². The molecule has 0 aromatic carbocycles. The van der Waals surface area contributed by atoms with Gasteiger partial charge in [-0.15, -0.1) is 0 Å². The molecule has 2 fully saturated rings. The predicted octanol–water partition coefficient (Wildman–Crippen LogP) is -0.529. The molecule has 0 saturated carbocycles. The molecule has 1 amide bonds. The van der Waals surface area contributed by atoms with Gasteiger partial charge in [-0.2, -0.15) is 0 Å². The highest BCUT2D eigenvalue weighted by Gasteiger charge is 2.75. The zero-order valence-electron chi connectivity index (χ0n) is 15.7. The molecule has 4 rings (SSSR count). The van der Waals surface area contributed by atoms with Crippen LogP contribution in [0.3, 0.4) is 0 Å². The average Bonchev–Trinajstić information content (AvgIpc) is 3.07. The van der Waals surface area contributed by atoms with E-state index in [1.165, 1.54) is 0 Å². The number of nitrogens with two attached hydrogens (primary N) is 2. The Balaban J connectivity index is 1.81. The Morgan fingerprint density at radius 1 is 1.33 bits per heavy atom. The molecule has 27 heavy (non-hydrogen) atoms. The van der Waals surface area contributed by atoms with Crippen LogP contribution in [-0.4, -0.2) is 72.1 Å². The van der Waals surface area contributed by atoms with Crippen LogP contribution >= 0.6 is 0 Å². The summed E-state index contributed by atoms with van der Waals surface area (Å²) in [6.07, 6.45) is 0.0420. The number of hydrogen-bond acceptors (Lipinski definition) is 8. The van der Waals surface area contributed by atoms with Crippen molar-refractivity contribution in [1.82, 2.24) is 9.80 Å². The molecule has 9 nitrogen and oxygen atoms in total. The van der Waals surface area contributed by atoms with E-state index in [2.05, 4.69) is 11.8 Å². The van der Waals surface area contributed by atoms with Crippen molar-refractivity contribution in [2.75, 3.05) is 26.8 Å². The van der Waals surface area contributed by atoms with Gasteiger partial charge >= 0.3 is 6.09 Å². The molecule has 5 atom stereocenters. The highest BCUT2D eigenvalue weighted by molar-refractivity contribution is 6.25. The molecule has 0 aromatic rings. The zero-order chi connectivity index (χ0) is 19.7. The lowest BCUT2D eigenvalue weighted by Crippen LogP contribution is -2.55. The van der Waals surface area contributed by atoms with Crippen molar-refractivity contribution < 1.29 is 23.9 Å². The van der Waals surface area contributed by atoms with E-state index in [1.54, 1.807) is 14.0 Å². The van der Waals surface area contributed by atoms with Gasteiger partial charge in [0.1, 0.15) is 6.61 Å². The summed E-state index contributed by atoms with van der Waals surface area (Å²) < 4.78 is 11.1. The van der Waals surface area contributed by atoms with Gasteiger partial charge in [-0.3, -0.25) is 14.5 Å². The van der Waals surface area contributed by atoms with Crippen LogP contribution in [0, 0.1) is 5.92 Å². The first-order valence-corrected chi connectivity index (χ1v) is 9.11. The minimum absolute atomic E-state index is 0.0108. The highest BCUT2D eigenvalue weighted by Crippen LogP contribution is 2.59. The molecular weight excluding hydrogens is 352 g/mol. The second kappa shape index (κ2) is 5.80. The Morgan fingerprint density at radius 3 is 2.63 bits per heavy atom. The molecule has 146 valence electrons. The number of ketones is 2. The van der Waals surface area contributed by atoms with E-state index in [4.69, 9.17) is 20.9 Å². The second-order valence-corrected chi connectivity index (χ2v) is 7.46. The lowest BCUT2D eigenvalue weighted by Gasteiger charge is -2.41. The molecule has 4 aliphatic rings. The van der Waals surface area contributed by atoms with Crippen molar-refractivity contribution in [3.63, 3.8) is 0 Å². The summed E-state index contributed by atoms with van der Waals surface area (Å²) in [5.74, 6) is -1.30. The molecule has 3 aliphatic heterocycles. The number of piperazine rings is 1. The summed E-state index contributed by atoms with van der Waals surface area (Å²) in [4.78, 5) is 41.4. The number of Topliss-reactive ketones (excluding diaryl/α,β-unsaturated/α-hetero) is 2. The highest BCUT2D eigenvalue weighted by atomic mass is 16.6. The van der Waals surface area contributed by atoms with Crippen LogP contribution in [0.15, 0.2) is 22.5 Å². The Kier molecular flexibility index (Phi) is 3.87.